The van der Waals surface area contributed by atoms with Crippen molar-refractivity contribution in [1.29, 1.82) is 0 Å². The standard InChI is InChI=1S/C20H28O4/c1-13-16(21)11-20(3)15(18(22)23)5-4-6-17(20)19(13,2)9-7-14-8-10-24-12-14/h5,8,10,12-13,16-17,21H,4,6-7,9,11H2,1-3H3,(H,22,23)/t13-,16-,17-,19+,20+/m1/s1. The van der Waals surface area contributed by atoms with Crippen molar-refractivity contribution in [2.45, 2.75) is 59.0 Å². The highest BCUT2D eigenvalue weighted by atomic mass is 16.4. The molecule has 0 bridgehead atoms. The number of fused-ring (bicyclic) bond motifs is 1. The SMILES string of the molecule is C[C@@H]1[C@H](O)C[C@@]2(C)C(C(=O)O)=CCC[C@@H]2[C@@]1(C)CCc1ccoc1. The van der Waals surface area contributed by atoms with E-state index in [1.165, 1.54) is 0 Å². The van der Waals surface area contributed by atoms with Crippen LogP contribution in [0.3, 0.4) is 0 Å². The lowest BCUT2D eigenvalue weighted by molar-refractivity contribution is -0.143. The molecule has 2 aliphatic rings. The molecule has 132 valence electrons. The average Bonchev–Trinajstić information content (AvgIpc) is 3.03. The zero-order valence-corrected chi connectivity index (χ0v) is 14.8. The van der Waals surface area contributed by atoms with Crippen molar-refractivity contribution in [2.75, 3.05) is 0 Å². The summed E-state index contributed by atoms with van der Waals surface area (Å²) in [5.41, 5.74) is 1.11. The molecule has 1 aromatic heterocycles. The molecule has 3 rings (SSSR count). The van der Waals surface area contributed by atoms with Gasteiger partial charge in [0.25, 0.3) is 0 Å². The lowest BCUT2D eigenvalue weighted by Crippen LogP contribution is -2.56. The molecule has 1 fully saturated rings. The van der Waals surface area contributed by atoms with E-state index in [-0.39, 0.29) is 17.3 Å². The van der Waals surface area contributed by atoms with E-state index in [0.29, 0.717) is 12.0 Å². The van der Waals surface area contributed by atoms with Gasteiger partial charge >= 0.3 is 5.97 Å². The summed E-state index contributed by atoms with van der Waals surface area (Å²) < 4.78 is 5.17. The number of hydrogen-bond acceptors (Lipinski definition) is 3. The van der Waals surface area contributed by atoms with Crippen molar-refractivity contribution in [2.24, 2.45) is 22.7 Å². The Kier molecular flexibility index (Phi) is 4.37. The number of carbonyl (C=O) groups is 1. The van der Waals surface area contributed by atoms with Crippen LogP contribution in [0.2, 0.25) is 0 Å². The minimum atomic E-state index is -0.832. The fourth-order valence-electron chi connectivity index (χ4n) is 5.39. The first-order valence-electron chi connectivity index (χ1n) is 8.92. The van der Waals surface area contributed by atoms with Crippen molar-refractivity contribution in [3.63, 3.8) is 0 Å². The fraction of sp³-hybridized carbons (Fsp3) is 0.650. The van der Waals surface area contributed by atoms with Crippen molar-refractivity contribution in [1.82, 2.24) is 0 Å². The minimum absolute atomic E-state index is 0.0986. The van der Waals surface area contributed by atoms with E-state index in [1.54, 1.807) is 12.5 Å². The highest BCUT2D eigenvalue weighted by Crippen LogP contribution is 2.61. The molecule has 0 aliphatic heterocycles. The van der Waals surface area contributed by atoms with Gasteiger partial charge < -0.3 is 14.6 Å². The Hall–Kier alpha value is -1.55. The zero-order chi connectivity index (χ0) is 17.5. The maximum atomic E-state index is 11.8. The third kappa shape index (κ3) is 2.61. The van der Waals surface area contributed by atoms with E-state index in [9.17, 15) is 15.0 Å². The fourth-order valence-corrected chi connectivity index (χ4v) is 5.39. The van der Waals surface area contributed by atoms with E-state index in [2.05, 4.69) is 13.8 Å². The van der Waals surface area contributed by atoms with Crippen LogP contribution in [0.5, 0.6) is 0 Å². The van der Waals surface area contributed by atoms with Gasteiger partial charge in [0.1, 0.15) is 0 Å². The number of aryl methyl sites for hydroxylation is 1. The Morgan fingerprint density at radius 2 is 2.17 bits per heavy atom. The van der Waals surface area contributed by atoms with Gasteiger partial charge in [-0.2, -0.15) is 0 Å². The average molecular weight is 332 g/mol. The number of aliphatic carboxylic acids is 1. The molecule has 1 saturated carbocycles. The molecule has 5 atom stereocenters. The second-order valence-electron chi connectivity index (χ2n) is 8.17. The number of carboxylic acid groups (broad SMARTS) is 1. The molecule has 4 nitrogen and oxygen atoms in total. The number of carboxylic acids is 1. The van der Waals surface area contributed by atoms with E-state index in [0.717, 1.165) is 31.2 Å². The number of furan rings is 1. The maximum Gasteiger partial charge on any atom is 0.331 e. The normalized spacial score (nSPS) is 39.2. The molecule has 0 unspecified atom stereocenters. The summed E-state index contributed by atoms with van der Waals surface area (Å²) in [5.74, 6) is -0.414. The Morgan fingerprint density at radius 3 is 2.79 bits per heavy atom. The van der Waals surface area contributed by atoms with Gasteiger partial charge in [-0.15, -0.1) is 0 Å². The Morgan fingerprint density at radius 1 is 1.42 bits per heavy atom. The molecule has 0 saturated heterocycles. The van der Waals surface area contributed by atoms with Gasteiger partial charge in [-0.25, -0.2) is 4.79 Å². The van der Waals surface area contributed by atoms with Crippen molar-refractivity contribution < 1.29 is 19.4 Å². The summed E-state index contributed by atoms with van der Waals surface area (Å²) in [6.07, 6.45) is 9.03. The number of aliphatic hydroxyl groups is 1. The molecule has 0 radical (unpaired) electrons. The van der Waals surface area contributed by atoms with Crippen LogP contribution < -0.4 is 0 Å². The molecule has 24 heavy (non-hydrogen) atoms. The number of rotatable bonds is 4. The van der Waals surface area contributed by atoms with Crippen LogP contribution in [0.15, 0.2) is 34.7 Å². The van der Waals surface area contributed by atoms with Crippen LogP contribution in [0.1, 0.15) is 52.0 Å². The van der Waals surface area contributed by atoms with Gasteiger partial charge in [0.2, 0.25) is 0 Å². The molecule has 2 N–H and O–H groups in total. The number of hydrogen-bond donors (Lipinski definition) is 2. The molecule has 0 amide bonds. The summed E-state index contributed by atoms with van der Waals surface area (Å²) in [6.45, 7) is 6.41. The molecule has 1 heterocycles. The summed E-state index contributed by atoms with van der Waals surface area (Å²) in [5, 5.41) is 20.4. The maximum absolute atomic E-state index is 11.8. The summed E-state index contributed by atoms with van der Waals surface area (Å²) >= 11 is 0. The van der Waals surface area contributed by atoms with E-state index in [1.807, 2.05) is 19.1 Å². The van der Waals surface area contributed by atoms with Crippen LogP contribution in [0.25, 0.3) is 0 Å². The second-order valence-corrected chi connectivity index (χ2v) is 8.17. The van der Waals surface area contributed by atoms with Gasteiger partial charge in [-0.1, -0.05) is 26.8 Å². The molecule has 1 aromatic rings. The Bertz CT molecular complexity index is 632. The Labute approximate surface area is 143 Å². The Balaban J connectivity index is 1.94. The lowest BCUT2D eigenvalue weighted by Gasteiger charge is -2.59. The first-order valence-corrected chi connectivity index (χ1v) is 8.92. The molecule has 0 spiro atoms. The van der Waals surface area contributed by atoms with Crippen molar-refractivity contribution in [3.05, 3.63) is 35.8 Å². The summed E-state index contributed by atoms with van der Waals surface area (Å²) in [7, 11) is 0. The van der Waals surface area contributed by atoms with E-state index in [4.69, 9.17) is 4.42 Å². The van der Waals surface area contributed by atoms with Gasteiger partial charge in [0, 0.05) is 11.0 Å². The van der Waals surface area contributed by atoms with Crippen LogP contribution in [0, 0.1) is 22.7 Å². The van der Waals surface area contributed by atoms with Gasteiger partial charge in [-0.05, 0) is 61.0 Å². The van der Waals surface area contributed by atoms with E-state index < -0.39 is 17.5 Å². The first kappa shape index (κ1) is 17.3. The van der Waals surface area contributed by atoms with Crippen LogP contribution in [-0.2, 0) is 11.2 Å². The molecular formula is C20H28O4. The zero-order valence-electron chi connectivity index (χ0n) is 14.8. The third-order valence-corrected chi connectivity index (χ3v) is 7.00. The minimum Gasteiger partial charge on any atom is -0.478 e. The van der Waals surface area contributed by atoms with Crippen LogP contribution in [-0.4, -0.2) is 22.3 Å². The van der Waals surface area contributed by atoms with Gasteiger partial charge in [0.15, 0.2) is 0 Å². The molecule has 2 aliphatic carbocycles. The lowest BCUT2D eigenvalue weighted by atomic mass is 9.46. The molecule has 4 heteroatoms. The smallest absolute Gasteiger partial charge is 0.331 e. The number of allylic oxidation sites excluding steroid dienone is 1. The molecule has 0 aromatic carbocycles. The number of aliphatic hydroxyl groups excluding tert-OH is 1. The molecular weight excluding hydrogens is 304 g/mol. The van der Waals surface area contributed by atoms with Gasteiger partial charge in [0.05, 0.1) is 18.6 Å². The van der Waals surface area contributed by atoms with Gasteiger partial charge in [-0.3, -0.25) is 0 Å². The van der Waals surface area contributed by atoms with Crippen molar-refractivity contribution in [3.8, 4) is 0 Å². The quantitative estimate of drug-likeness (QED) is 0.873. The first-order chi connectivity index (χ1) is 11.3. The third-order valence-electron chi connectivity index (χ3n) is 7.00. The largest absolute Gasteiger partial charge is 0.478 e. The highest BCUT2D eigenvalue weighted by Gasteiger charge is 2.57. The summed E-state index contributed by atoms with van der Waals surface area (Å²) in [6, 6.07) is 1.98. The summed E-state index contributed by atoms with van der Waals surface area (Å²) in [4.78, 5) is 11.8. The predicted molar refractivity (Wildman–Crippen MR) is 91.5 cm³/mol. The van der Waals surface area contributed by atoms with E-state index >= 15 is 0 Å². The predicted octanol–water partition coefficient (Wildman–Crippen LogP) is 4.05. The topological polar surface area (TPSA) is 70.7 Å². The van der Waals surface area contributed by atoms with Crippen LogP contribution in [0.4, 0.5) is 0 Å². The van der Waals surface area contributed by atoms with Crippen LogP contribution >= 0.6 is 0 Å². The monoisotopic (exact) mass is 332 g/mol. The van der Waals surface area contributed by atoms with Crippen molar-refractivity contribution >= 4 is 5.97 Å². The second kappa shape index (κ2) is 6.07. The highest BCUT2D eigenvalue weighted by molar-refractivity contribution is 5.88.